The molecule has 94 valence electrons. The van der Waals surface area contributed by atoms with E-state index in [-0.39, 0.29) is 0 Å². The predicted molar refractivity (Wildman–Crippen MR) is 80.9 cm³/mol. The maximum atomic E-state index is 6.17. The van der Waals surface area contributed by atoms with Crippen molar-refractivity contribution in [3.63, 3.8) is 0 Å². The van der Waals surface area contributed by atoms with Gasteiger partial charge in [-0.3, -0.25) is 4.98 Å². The van der Waals surface area contributed by atoms with Crippen molar-refractivity contribution in [2.75, 3.05) is 11.1 Å². The fourth-order valence-electron chi connectivity index (χ4n) is 2.01. The second kappa shape index (κ2) is 4.78. The van der Waals surface area contributed by atoms with Crippen LogP contribution in [0.3, 0.4) is 0 Å². The first kappa shape index (κ1) is 11.8. The third-order valence-electron chi connectivity index (χ3n) is 2.88. The minimum Gasteiger partial charge on any atom is -0.399 e. The highest BCUT2D eigenvalue weighted by Gasteiger charge is 2.05. The van der Waals surface area contributed by atoms with Gasteiger partial charge in [-0.1, -0.05) is 17.7 Å². The van der Waals surface area contributed by atoms with Crippen molar-refractivity contribution in [1.29, 1.82) is 0 Å². The lowest BCUT2D eigenvalue weighted by atomic mass is 10.2. The number of halogens is 1. The second-order valence-electron chi connectivity index (χ2n) is 4.24. The minimum atomic E-state index is 0.696. The van der Waals surface area contributed by atoms with E-state index in [1.807, 2.05) is 48.5 Å². The first-order valence-corrected chi connectivity index (χ1v) is 6.27. The number of benzene rings is 2. The van der Waals surface area contributed by atoms with Crippen LogP contribution in [0.5, 0.6) is 0 Å². The van der Waals surface area contributed by atoms with Crippen molar-refractivity contribution >= 4 is 39.6 Å². The van der Waals surface area contributed by atoms with Crippen LogP contribution in [0.15, 0.2) is 54.7 Å². The Morgan fingerprint density at radius 3 is 2.79 bits per heavy atom. The van der Waals surface area contributed by atoms with Crippen LogP contribution in [0.2, 0.25) is 5.02 Å². The molecule has 0 saturated carbocycles. The molecule has 4 heteroatoms. The van der Waals surface area contributed by atoms with Gasteiger partial charge in [-0.15, -0.1) is 0 Å². The van der Waals surface area contributed by atoms with Crippen molar-refractivity contribution < 1.29 is 0 Å². The Labute approximate surface area is 116 Å². The predicted octanol–water partition coefficient (Wildman–Crippen LogP) is 4.21. The van der Waals surface area contributed by atoms with E-state index >= 15 is 0 Å². The van der Waals surface area contributed by atoms with Crippen molar-refractivity contribution in [3.8, 4) is 0 Å². The SMILES string of the molecule is Nc1cccc(Nc2ccc(Cl)c3cccnc23)c1. The largest absolute Gasteiger partial charge is 0.399 e. The molecule has 0 aliphatic carbocycles. The van der Waals surface area contributed by atoms with Gasteiger partial charge in [0.1, 0.15) is 0 Å². The summed E-state index contributed by atoms with van der Waals surface area (Å²) < 4.78 is 0. The number of pyridine rings is 1. The fourth-order valence-corrected chi connectivity index (χ4v) is 2.23. The number of nitrogens with zero attached hydrogens (tertiary/aromatic N) is 1. The minimum absolute atomic E-state index is 0.696. The number of hydrogen-bond acceptors (Lipinski definition) is 3. The van der Waals surface area contributed by atoms with Crippen molar-refractivity contribution in [3.05, 3.63) is 59.8 Å². The molecule has 0 amide bonds. The Hall–Kier alpha value is -2.26. The van der Waals surface area contributed by atoms with Crippen LogP contribution in [0.1, 0.15) is 0 Å². The summed E-state index contributed by atoms with van der Waals surface area (Å²) >= 11 is 6.17. The van der Waals surface area contributed by atoms with Crippen molar-refractivity contribution in [2.45, 2.75) is 0 Å². The standard InChI is InChI=1S/C15H12ClN3/c16-13-6-7-14(15-12(13)5-2-8-18-15)19-11-4-1-3-10(17)9-11/h1-9,19H,17H2. The normalized spacial score (nSPS) is 10.6. The third kappa shape index (κ3) is 2.33. The zero-order chi connectivity index (χ0) is 13.2. The summed E-state index contributed by atoms with van der Waals surface area (Å²) in [5.74, 6) is 0. The zero-order valence-electron chi connectivity index (χ0n) is 10.1. The Kier molecular flexibility index (Phi) is 2.97. The summed E-state index contributed by atoms with van der Waals surface area (Å²) in [5, 5.41) is 4.94. The Morgan fingerprint density at radius 1 is 1.05 bits per heavy atom. The van der Waals surface area contributed by atoms with Gasteiger partial charge in [0.05, 0.1) is 16.2 Å². The molecular weight excluding hydrogens is 258 g/mol. The van der Waals surface area contributed by atoms with Gasteiger partial charge in [0.25, 0.3) is 0 Å². The second-order valence-corrected chi connectivity index (χ2v) is 4.65. The smallest absolute Gasteiger partial charge is 0.0951 e. The Balaban J connectivity index is 2.09. The average Bonchev–Trinajstić information content (AvgIpc) is 2.42. The van der Waals surface area contributed by atoms with E-state index in [1.165, 1.54) is 0 Å². The highest BCUT2D eigenvalue weighted by molar-refractivity contribution is 6.35. The van der Waals surface area contributed by atoms with Crippen LogP contribution in [0.4, 0.5) is 17.1 Å². The summed E-state index contributed by atoms with van der Waals surface area (Å²) in [6.07, 6.45) is 1.75. The van der Waals surface area contributed by atoms with E-state index in [2.05, 4.69) is 10.3 Å². The van der Waals surface area contributed by atoms with Gasteiger partial charge < -0.3 is 11.1 Å². The molecule has 0 fully saturated rings. The third-order valence-corrected chi connectivity index (χ3v) is 3.21. The summed E-state index contributed by atoms with van der Waals surface area (Å²) in [4.78, 5) is 4.38. The molecule has 0 spiro atoms. The van der Waals surface area contributed by atoms with E-state index in [1.54, 1.807) is 6.20 Å². The monoisotopic (exact) mass is 269 g/mol. The van der Waals surface area contributed by atoms with Crippen LogP contribution in [-0.2, 0) is 0 Å². The highest BCUT2D eigenvalue weighted by atomic mass is 35.5. The van der Waals surface area contributed by atoms with Crippen LogP contribution < -0.4 is 11.1 Å². The molecule has 0 atom stereocenters. The highest BCUT2D eigenvalue weighted by Crippen LogP contribution is 2.30. The van der Waals surface area contributed by atoms with Crippen LogP contribution >= 0.6 is 11.6 Å². The van der Waals surface area contributed by atoms with E-state index in [0.717, 1.165) is 28.0 Å². The maximum absolute atomic E-state index is 6.17. The lowest BCUT2D eigenvalue weighted by molar-refractivity contribution is 1.40. The van der Waals surface area contributed by atoms with Gasteiger partial charge in [0, 0.05) is 23.0 Å². The molecule has 1 heterocycles. The molecule has 1 aromatic heterocycles. The van der Waals surface area contributed by atoms with E-state index < -0.39 is 0 Å². The zero-order valence-corrected chi connectivity index (χ0v) is 10.9. The van der Waals surface area contributed by atoms with Crippen LogP contribution in [0.25, 0.3) is 10.9 Å². The summed E-state index contributed by atoms with van der Waals surface area (Å²) in [6.45, 7) is 0. The lowest BCUT2D eigenvalue weighted by Gasteiger charge is -2.10. The molecule has 0 aliphatic rings. The van der Waals surface area contributed by atoms with Gasteiger partial charge in [0.15, 0.2) is 0 Å². The molecule has 3 rings (SSSR count). The first-order valence-electron chi connectivity index (χ1n) is 5.90. The molecule has 0 aliphatic heterocycles. The maximum Gasteiger partial charge on any atom is 0.0951 e. The number of aromatic nitrogens is 1. The summed E-state index contributed by atoms with van der Waals surface area (Å²) in [6, 6.07) is 15.2. The van der Waals surface area contributed by atoms with Gasteiger partial charge in [-0.25, -0.2) is 0 Å². The average molecular weight is 270 g/mol. The van der Waals surface area contributed by atoms with Gasteiger partial charge in [-0.05, 0) is 42.5 Å². The summed E-state index contributed by atoms with van der Waals surface area (Å²) in [5.41, 5.74) is 9.17. The topological polar surface area (TPSA) is 50.9 Å². The van der Waals surface area contributed by atoms with Crippen molar-refractivity contribution in [2.24, 2.45) is 0 Å². The summed E-state index contributed by atoms with van der Waals surface area (Å²) in [7, 11) is 0. The molecule has 0 saturated heterocycles. The number of nitrogens with one attached hydrogen (secondary N) is 1. The van der Waals surface area contributed by atoms with Gasteiger partial charge >= 0.3 is 0 Å². The number of nitrogen functional groups attached to an aromatic ring is 1. The number of fused-ring (bicyclic) bond motifs is 1. The molecule has 0 radical (unpaired) electrons. The van der Waals surface area contributed by atoms with E-state index in [4.69, 9.17) is 17.3 Å². The first-order chi connectivity index (χ1) is 9.24. The molecule has 0 bridgehead atoms. The molecule has 3 nitrogen and oxygen atoms in total. The van der Waals surface area contributed by atoms with Crippen LogP contribution in [-0.4, -0.2) is 4.98 Å². The number of rotatable bonds is 2. The molecule has 3 aromatic rings. The molecule has 0 unspecified atom stereocenters. The quantitative estimate of drug-likeness (QED) is 0.685. The molecule has 3 N–H and O–H groups in total. The van der Waals surface area contributed by atoms with Crippen molar-refractivity contribution in [1.82, 2.24) is 4.98 Å². The van der Waals surface area contributed by atoms with Gasteiger partial charge in [0.2, 0.25) is 0 Å². The van der Waals surface area contributed by atoms with Crippen LogP contribution in [0, 0.1) is 0 Å². The van der Waals surface area contributed by atoms with E-state index in [9.17, 15) is 0 Å². The Morgan fingerprint density at radius 2 is 1.95 bits per heavy atom. The fraction of sp³-hybridized carbons (Fsp3) is 0. The molecule has 19 heavy (non-hydrogen) atoms. The number of nitrogens with two attached hydrogens (primary N) is 1. The number of hydrogen-bond donors (Lipinski definition) is 2. The molecular formula is C15H12ClN3. The Bertz CT molecular complexity index is 740. The molecule has 2 aromatic carbocycles. The number of anilines is 3. The lowest BCUT2D eigenvalue weighted by Crippen LogP contribution is -1.94. The van der Waals surface area contributed by atoms with E-state index in [0.29, 0.717) is 5.02 Å². The van der Waals surface area contributed by atoms with Gasteiger partial charge in [-0.2, -0.15) is 0 Å².